The highest BCUT2D eigenvalue weighted by atomic mass is 35.5. The van der Waals surface area contributed by atoms with Gasteiger partial charge in [-0.05, 0) is 71.7 Å². The van der Waals surface area contributed by atoms with Crippen LogP contribution in [-0.4, -0.2) is 28.4 Å². The van der Waals surface area contributed by atoms with Gasteiger partial charge in [0.2, 0.25) is 0 Å². The Morgan fingerprint density at radius 3 is 2.35 bits per heavy atom. The van der Waals surface area contributed by atoms with E-state index in [0.717, 1.165) is 5.56 Å². The molecule has 3 rings (SSSR count). The Morgan fingerprint density at radius 2 is 1.74 bits per heavy atom. The highest BCUT2D eigenvalue weighted by Crippen LogP contribution is 2.43. The molecule has 1 aliphatic heterocycles. The van der Waals surface area contributed by atoms with E-state index in [4.69, 9.17) is 21.1 Å². The lowest BCUT2D eigenvalue weighted by molar-refractivity contribution is 0.0571. The second-order valence-corrected chi connectivity index (χ2v) is 10.6. The van der Waals surface area contributed by atoms with E-state index in [0.29, 0.717) is 29.2 Å². The van der Waals surface area contributed by atoms with Crippen molar-refractivity contribution in [3.05, 3.63) is 60.3 Å². The number of hydrogen-bond acceptors (Lipinski definition) is 5. The predicted octanol–water partition coefficient (Wildman–Crippen LogP) is 7.27. The van der Waals surface area contributed by atoms with E-state index in [1.54, 1.807) is 65.9 Å². The SMILES string of the molecule is C=CCC(Cl)c1ccc2c(c1)N(C(=O)OC(C)(C)C)Cc1cccnc1N2C(=O)OC(C)(C)C. The van der Waals surface area contributed by atoms with Crippen LogP contribution in [-0.2, 0) is 16.0 Å². The number of alkyl halides is 1. The molecular formula is C26H32ClN3O4. The number of rotatable bonds is 3. The molecule has 0 aliphatic carbocycles. The van der Waals surface area contributed by atoms with Crippen molar-refractivity contribution in [2.45, 2.75) is 71.1 Å². The summed E-state index contributed by atoms with van der Waals surface area (Å²) in [6.45, 7) is 14.7. The number of carbonyl (C=O) groups excluding carboxylic acids is 2. The van der Waals surface area contributed by atoms with Gasteiger partial charge in [-0.2, -0.15) is 0 Å². The van der Waals surface area contributed by atoms with Gasteiger partial charge in [0.15, 0.2) is 0 Å². The third-order valence-electron chi connectivity index (χ3n) is 4.86. The molecule has 2 amide bonds. The number of allylic oxidation sites excluding steroid dienone is 1. The van der Waals surface area contributed by atoms with Crippen molar-refractivity contribution < 1.29 is 19.1 Å². The number of ether oxygens (including phenoxy) is 2. The number of fused-ring (bicyclic) bond motifs is 2. The summed E-state index contributed by atoms with van der Waals surface area (Å²) in [6.07, 6.45) is 2.75. The molecule has 2 aromatic rings. The van der Waals surface area contributed by atoms with E-state index in [2.05, 4.69) is 11.6 Å². The van der Waals surface area contributed by atoms with Gasteiger partial charge in [0.05, 0.1) is 23.3 Å². The largest absolute Gasteiger partial charge is 0.443 e. The Bertz CT molecular complexity index is 1090. The molecule has 0 N–H and O–H groups in total. The van der Waals surface area contributed by atoms with Crippen LogP contribution in [0.5, 0.6) is 0 Å². The molecule has 1 unspecified atom stereocenters. The standard InChI is InChI=1S/C26H32ClN3O4/c1-8-10-19(27)17-12-13-20-21(15-17)29(23(31)33-25(2,3)4)16-18-11-9-14-28-22(18)30(20)24(32)34-26(5,6)7/h8-9,11-15,19H,1,10,16H2,2-7H3. The summed E-state index contributed by atoms with van der Waals surface area (Å²) in [5, 5.41) is -0.345. The van der Waals surface area contributed by atoms with Gasteiger partial charge in [-0.25, -0.2) is 19.5 Å². The number of aromatic nitrogens is 1. The van der Waals surface area contributed by atoms with Crippen molar-refractivity contribution in [1.82, 2.24) is 4.98 Å². The first-order valence-corrected chi connectivity index (χ1v) is 11.6. The number of anilines is 3. The summed E-state index contributed by atoms with van der Waals surface area (Å²) in [5.41, 5.74) is 0.951. The molecule has 0 fully saturated rings. The first kappa shape index (κ1) is 25.6. The minimum Gasteiger partial charge on any atom is -0.443 e. The van der Waals surface area contributed by atoms with Gasteiger partial charge in [0.1, 0.15) is 17.0 Å². The third-order valence-corrected chi connectivity index (χ3v) is 5.29. The number of hydrogen-bond donors (Lipinski definition) is 0. The van der Waals surface area contributed by atoms with Crippen molar-refractivity contribution in [3.8, 4) is 0 Å². The van der Waals surface area contributed by atoms with Crippen molar-refractivity contribution in [3.63, 3.8) is 0 Å². The maximum Gasteiger partial charge on any atom is 0.420 e. The molecule has 182 valence electrons. The van der Waals surface area contributed by atoms with Gasteiger partial charge in [-0.3, -0.25) is 4.90 Å². The van der Waals surface area contributed by atoms with Gasteiger partial charge >= 0.3 is 12.2 Å². The summed E-state index contributed by atoms with van der Waals surface area (Å²) in [6, 6.07) is 8.99. The van der Waals surface area contributed by atoms with Gasteiger partial charge in [0.25, 0.3) is 0 Å². The normalized spacial score (nSPS) is 14.4. The van der Waals surface area contributed by atoms with Crippen molar-refractivity contribution in [1.29, 1.82) is 0 Å². The molecule has 2 heterocycles. The quantitative estimate of drug-likeness (QED) is 0.337. The van der Waals surface area contributed by atoms with E-state index in [-0.39, 0.29) is 11.9 Å². The molecule has 0 spiro atoms. The van der Waals surface area contributed by atoms with Crippen LogP contribution in [0, 0.1) is 0 Å². The fraction of sp³-hybridized carbons (Fsp3) is 0.423. The second kappa shape index (κ2) is 9.66. The van der Waals surface area contributed by atoms with Crippen LogP contribution in [0.25, 0.3) is 0 Å². The Hall–Kier alpha value is -3.06. The van der Waals surface area contributed by atoms with Crippen molar-refractivity contribution in [2.24, 2.45) is 0 Å². The van der Waals surface area contributed by atoms with E-state index >= 15 is 0 Å². The maximum atomic E-state index is 13.4. The first-order valence-electron chi connectivity index (χ1n) is 11.2. The molecule has 34 heavy (non-hydrogen) atoms. The minimum atomic E-state index is -0.728. The van der Waals surface area contributed by atoms with E-state index in [9.17, 15) is 9.59 Å². The highest BCUT2D eigenvalue weighted by Gasteiger charge is 2.36. The lowest BCUT2D eigenvalue weighted by Gasteiger charge is -2.30. The van der Waals surface area contributed by atoms with Gasteiger partial charge in [-0.1, -0.05) is 18.2 Å². The molecule has 1 aliphatic rings. The number of carbonyl (C=O) groups is 2. The summed E-state index contributed by atoms with van der Waals surface area (Å²) in [7, 11) is 0. The Morgan fingerprint density at radius 1 is 1.09 bits per heavy atom. The van der Waals surface area contributed by atoms with Crippen molar-refractivity contribution >= 4 is 41.0 Å². The van der Waals surface area contributed by atoms with Gasteiger partial charge in [-0.15, -0.1) is 18.2 Å². The fourth-order valence-electron chi connectivity index (χ4n) is 3.52. The van der Waals surface area contributed by atoms with E-state index < -0.39 is 23.4 Å². The Balaban J connectivity index is 2.24. The van der Waals surface area contributed by atoms with Crippen LogP contribution >= 0.6 is 11.6 Å². The fourth-order valence-corrected chi connectivity index (χ4v) is 3.78. The number of benzene rings is 1. The average Bonchev–Trinajstić information content (AvgIpc) is 2.85. The predicted molar refractivity (Wildman–Crippen MR) is 135 cm³/mol. The molecule has 8 heteroatoms. The maximum absolute atomic E-state index is 13.4. The number of amides is 2. The van der Waals surface area contributed by atoms with Crippen molar-refractivity contribution in [2.75, 3.05) is 9.80 Å². The molecular weight excluding hydrogens is 454 g/mol. The average molecular weight is 486 g/mol. The van der Waals surface area contributed by atoms with Gasteiger partial charge < -0.3 is 9.47 Å². The summed E-state index contributed by atoms with van der Waals surface area (Å²) in [5.74, 6) is 0.394. The van der Waals surface area contributed by atoms with Gasteiger partial charge in [0, 0.05) is 11.8 Å². The molecule has 7 nitrogen and oxygen atoms in total. The number of pyridine rings is 1. The molecule has 0 bridgehead atoms. The van der Waals surface area contributed by atoms with Crippen LogP contribution in [0.1, 0.15) is 64.5 Å². The molecule has 0 saturated carbocycles. The van der Waals surface area contributed by atoms with E-state index in [1.165, 1.54) is 9.80 Å². The van der Waals surface area contributed by atoms with Crippen LogP contribution < -0.4 is 9.80 Å². The monoisotopic (exact) mass is 485 g/mol. The number of nitrogens with zero attached hydrogens (tertiary/aromatic N) is 3. The first-order chi connectivity index (χ1) is 15.8. The zero-order valence-corrected chi connectivity index (χ0v) is 21.3. The summed E-state index contributed by atoms with van der Waals surface area (Å²) >= 11 is 6.58. The smallest absolute Gasteiger partial charge is 0.420 e. The van der Waals surface area contributed by atoms with Crippen LogP contribution in [0.15, 0.2) is 49.2 Å². The Kier molecular flexibility index (Phi) is 7.26. The Labute approximate surface area is 206 Å². The van der Waals surface area contributed by atoms with Crippen LogP contribution in [0.2, 0.25) is 0 Å². The molecule has 1 aromatic carbocycles. The molecule has 0 radical (unpaired) electrons. The van der Waals surface area contributed by atoms with Crippen LogP contribution in [0.3, 0.4) is 0 Å². The summed E-state index contributed by atoms with van der Waals surface area (Å²) in [4.78, 5) is 34.1. The zero-order valence-electron chi connectivity index (χ0n) is 20.6. The molecule has 1 aromatic heterocycles. The lowest BCUT2D eigenvalue weighted by Crippen LogP contribution is -2.37. The van der Waals surface area contributed by atoms with Crippen LogP contribution in [0.4, 0.5) is 26.8 Å². The lowest BCUT2D eigenvalue weighted by atomic mass is 10.1. The minimum absolute atomic E-state index is 0.155. The number of halogens is 1. The molecule has 1 atom stereocenters. The second-order valence-electron chi connectivity index (χ2n) is 10.1. The summed E-state index contributed by atoms with van der Waals surface area (Å²) < 4.78 is 11.4. The highest BCUT2D eigenvalue weighted by molar-refractivity contribution is 6.21. The zero-order chi connectivity index (χ0) is 25.3. The third kappa shape index (κ3) is 5.89. The topological polar surface area (TPSA) is 72.0 Å². The molecule has 0 saturated heterocycles. The van der Waals surface area contributed by atoms with E-state index in [1.807, 2.05) is 18.2 Å².